The topological polar surface area (TPSA) is 79.2 Å². The second-order valence-electron chi connectivity index (χ2n) is 5.15. The fraction of sp³-hybridized carbons (Fsp3) is 0.105. The van der Waals surface area contributed by atoms with Crippen molar-refractivity contribution in [1.82, 2.24) is 0 Å². The van der Waals surface area contributed by atoms with Gasteiger partial charge in [-0.1, -0.05) is 18.2 Å². The maximum absolute atomic E-state index is 13.0. The van der Waals surface area contributed by atoms with Gasteiger partial charge < -0.3 is 10.1 Å². The van der Waals surface area contributed by atoms with Gasteiger partial charge in [-0.3, -0.25) is 4.79 Å². The van der Waals surface area contributed by atoms with Gasteiger partial charge in [-0.2, -0.15) is 5.26 Å². The van der Waals surface area contributed by atoms with E-state index < -0.39 is 23.8 Å². The third-order valence-corrected chi connectivity index (χ3v) is 3.18. The summed E-state index contributed by atoms with van der Waals surface area (Å²) in [4.78, 5) is 23.8. The second-order valence-corrected chi connectivity index (χ2v) is 5.15. The molecule has 6 heteroatoms. The molecular formula is C19H15FN2O3. The van der Waals surface area contributed by atoms with E-state index >= 15 is 0 Å². The minimum Gasteiger partial charge on any atom is -0.449 e. The Morgan fingerprint density at radius 1 is 1.24 bits per heavy atom. The summed E-state index contributed by atoms with van der Waals surface area (Å²) in [6, 6.07) is 14.0. The molecule has 126 valence electrons. The number of carbonyl (C=O) groups excluding carboxylic acids is 2. The summed E-state index contributed by atoms with van der Waals surface area (Å²) in [7, 11) is 0. The van der Waals surface area contributed by atoms with Gasteiger partial charge in [0.2, 0.25) is 0 Å². The number of benzene rings is 2. The van der Waals surface area contributed by atoms with Crippen LogP contribution >= 0.6 is 0 Å². The van der Waals surface area contributed by atoms with Gasteiger partial charge in [0.15, 0.2) is 6.10 Å². The Balaban J connectivity index is 1.91. The first-order valence-electron chi connectivity index (χ1n) is 7.43. The summed E-state index contributed by atoms with van der Waals surface area (Å²) in [6.45, 7) is 1.43. The SMILES string of the molecule is CC(OC(=O)/C=C/c1cccc(F)c1)C(=O)Nc1cccc(C#N)c1. The number of nitrogens with zero attached hydrogens (tertiary/aromatic N) is 1. The molecular weight excluding hydrogens is 323 g/mol. The molecule has 0 aliphatic heterocycles. The van der Waals surface area contributed by atoms with Crippen molar-refractivity contribution in [2.75, 3.05) is 5.32 Å². The Kier molecular flexibility index (Phi) is 6.02. The monoisotopic (exact) mass is 338 g/mol. The molecule has 1 amide bonds. The van der Waals surface area contributed by atoms with Gasteiger partial charge >= 0.3 is 5.97 Å². The molecule has 2 aromatic carbocycles. The van der Waals surface area contributed by atoms with Crippen LogP contribution in [0.2, 0.25) is 0 Å². The standard InChI is InChI=1S/C19H15FN2O3/c1-13(19(24)22-17-7-3-5-15(11-17)12-21)25-18(23)9-8-14-4-2-6-16(20)10-14/h2-11,13H,1H3,(H,22,24)/b9-8+. The van der Waals surface area contributed by atoms with Gasteiger partial charge in [0.25, 0.3) is 5.91 Å². The van der Waals surface area contributed by atoms with Gasteiger partial charge in [-0.15, -0.1) is 0 Å². The van der Waals surface area contributed by atoms with E-state index in [0.717, 1.165) is 6.08 Å². The van der Waals surface area contributed by atoms with E-state index in [1.54, 1.807) is 24.3 Å². The van der Waals surface area contributed by atoms with Crippen LogP contribution < -0.4 is 5.32 Å². The first kappa shape index (κ1) is 17.9. The van der Waals surface area contributed by atoms with Crippen molar-refractivity contribution in [2.24, 2.45) is 0 Å². The highest BCUT2D eigenvalue weighted by Gasteiger charge is 2.16. The molecule has 0 fully saturated rings. The van der Waals surface area contributed by atoms with Crippen molar-refractivity contribution < 1.29 is 18.7 Å². The van der Waals surface area contributed by atoms with Gasteiger partial charge in [0.05, 0.1) is 11.6 Å². The first-order valence-corrected chi connectivity index (χ1v) is 7.43. The molecule has 0 heterocycles. The van der Waals surface area contributed by atoms with Crippen LogP contribution in [0.5, 0.6) is 0 Å². The largest absolute Gasteiger partial charge is 0.449 e. The average Bonchev–Trinajstić information content (AvgIpc) is 2.60. The number of rotatable bonds is 5. The summed E-state index contributed by atoms with van der Waals surface area (Å²) >= 11 is 0. The van der Waals surface area contributed by atoms with Crippen molar-refractivity contribution in [3.05, 3.63) is 71.6 Å². The van der Waals surface area contributed by atoms with Crippen molar-refractivity contribution >= 4 is 23.6 Å². The van der Waals surface area contributed by atoms with Crippen LogP contribution in [0.15, 0.2) is 54.6 Å². The Morgan fingerprint density at radius 2 is 2.00 bits per heavy atom. The minimum absolute atomic E-state index is 0.403. The molecule has 0 radical (unpaired) electrons. The van der Waals surface area contributed by atoms with Crippen LogP contribution in [-0.4, -0.2) is 18.0 Å². The van der Waals surface area contributed by atoms with Crippen LogP contribution in [0, 0.1) is 17.1 Å². The number of anilines is 1. The Bertz CT molecular complexity index is 856. The maximum Gasteiger partial charge on any atom is 0.331 e. The molecule has 0 aromatic heterocycles. The molecule has 1 N–H and O–H groups in total. The molecule has 0 spiro atoms. The van der Waals surface area contributed by atoms with E-state index in [1.165, 1.54) is 37.3 Å². The number of amides is 1. The molecule has 0 saturated carbocycles. The zero-order valence-corrected chi connectivity index (χ0v) is 13.4. The van der Waals surface area contributed by atoms with E-state index in [-0.39, 0.29) is 0 Å². The number of carbonyl (C=O) groups is 2. The zero-order chi connectivity index (χ0) is 18.2. The number of hydrogen-bond donors (Lipinski definition) is 1. The van der Waals surface area contributed by atoms with Gasteiger partial charge in [0, 0.05) is 11.8 Å². The van der Waals surface area contributed by atoms with Crippen LogP contribution in [0.3, 0.4) is 0 Å². The van der Waals surface area contributed by atoms with Crippen molar-refractivity contribution in [2.45, 2.75) is 13.0 Å². The summed E-state index contributed by atoms with van der Waals surface area (Å²) in [5.74, 6) is -1.66. The lowest BCUT2D eigenvalue weighted by atomic mass is 10.2. The van der Waals surface area contributed by atoms with Gasteiger partial charge in [-0.25, -0.2) is 9.18 Å². The molecule has 2 rings (SSSR count). The second kappa shape index (κ2) is 8.41. The summed E-state index contributed by atoms with van der Waals surface area (Å²) in [5, 5.41) is 11.4. The quantitative estimate of drug-likeness (QED) is 0.670. The molecule has 0 aliphatic carbocycles. The number of esters is 1. The van der Waals surface area contributed by atoms with Crippen molar-refractivity contribution in [3.63, 3.8) is 0 Å². The van der Waals surface area contributed by atoms with Crippen LogP contribution in [0.25, 0.3) is 6.08 Å². The molecule has 2 aromatic rings. The highest BCUT2D eigenvalue weighted by Crippen LogP contribution is 2.11. The fourth-order valence-electron chi connectivity index (χ4n) is 1.95. The lowest BCUT2D eigenvalue weighted by molar-refractivity contribution is -0.148. The van der Waals surface area contributed by atoms with Crippen LogP contribution in [0.1, 0.15) is 18.1 Å². The predicted molar refractivity (Wildman–Crippen MR) is 90.8 cm³/mol. The minimum atomic E-state index is -1.03. The van der Waals surface area contributed by atoms with E-state index in [0.29, 0.717) is 16.8 Å². The lowest BCUT2D eigenvalue weighted by Crippen LogP contribution is -2.29. The maximum atomic E-state index is 13.0. The van der Waals surface area contributed by atoms with Crippen LogP contribution in [0.4, 0.5) is 10.1 Å². The Labute approximate surface area is 144 Å². The molecule has 5 nitrogen and oxygen atoms in total. The fourth-order valence-corrected chi connectivity index (χ4v) is 1.95. The highest BCUT2D eigenvalue weighted by molar-refractivity contribution is 5.96. The molecule has 0 bridgehead atoms. The molecule has 0 aliphatic rings. The summed E-state index contributed by atoms with van der Waals surface area (Å²) in [5.41, 5.74) is 1.34. The number of halogens is 1. The van der Waals surface area contributed by atoms with Crippen molar-refractivity contribution in [3.8, 4) is 6.07 Å². The van der Waals surface area contributed by atoms with E-state index in [1.807, 2.05) is 6.07 Å². The van der Waals surface area contributed by atoms with Crippen LogP contribution in [-0.2, 0) is 14.3 Å². The van der Waals surface area contributed by atoms with Gasteiger partial charge in [0.1, 0.15) is 5.82 Å². The number of nitrogens with one attached hydrogen (secondary N) is 1. The number of hydrogen-bond acceptors (Lipinski definition) is 4. The molecule has 1 atom stereocenters. The van der Waals surface area contributed by atoms with Gasteiger partial charge in [-0.05, 0) is 48.9 Å². The summed E-state index contributed by atoms with van der Waals surface area (Å²) < 4.78 is 18.0. The Morgan fingerprint density at radius 3 is 2.72 bits per heavy atom. The van der Waals surface area contributed by atoms with E-state index in [2.05, 4.69) is 5.32 Å². The average molecular weight is 338 g/mol. The lowest BCUT2D eigenvalue weighted by Gasteiger charge is -2.12. The number of nitriles is 1. The van der Waals surface area contributed by atoms with E-state index in [4.69, 9.17) is 10.00 Å². The van der Waals surface area contributed by atoms with E-state index in [9.17, 15) is 14.0 Å². The third kappa shape index (κ3) is 5.59. The predicted octanol–water partition coefficient (Wildman–Crippen LogP) is 3.28. The normalized spacial score (nSPS) is 11.6. The summed E-state index contributed by atoms with van der Waals surface area (Å²) in [6.07, 6.45) is 1.48. The number of ether oxygens (including phenoxy) is 1. The molecule has 25 heavy (non-hydrogen) atoms. The first-order chi connectivity index (χ1) is 12.0. The third-order valence-electron chi connectivity index (χ3n) is 3.18. The zero-order valence-electron chi connectivity index (χ0n) is 13.4. The Hall–Kier alpha value is -3.46. The smallest absolute Gasteiger partial charge is 0.331 e. The molecule has 0 saturated heterocycles. The molecule has 1 unspecified atom stereocenters. The highest BCUT2D eigenvalue weighted by atomic mass is 19.1. The van der Waals surface area contributed by atoms with Crippen molar-refractivity contribution in [1.29, 1.82) is 5.26 Å².